The Kier molecular flexibility index (Phi) is 2.41. The fourth-order valence-electron chi connectivity index (χ4n) is 0.625. The van der Waals surface area contributed by atoms with E-state index in [1.54, 1.807) is 12.4 Å². The fourth-order valence-corrected chi connectivity index (χ4v) is 0.986. The predicted molar refractivity (Wildman–Crippen MR) is 41.3 cm³/mol. The largest absolute Gasteiger partial charge is 0.264 e. The third-order valence-corrected chi connectivity index (χ3v) is 1.89. The molecule has 0 bridgehead atoms. The first-order valence-corrected chi connectivity index (χ1v) is 3.59. The Morgan fingerprint density at radius 1 is 1.70 bits per heavy atom. The van der Waals surface area contributed by atoms with Crippen molar-refractivity contribution in [2.24, 2.45) is 0 Å². The summed E-state index contributed by atoms with van der Waals surface area (Å²) < 4.78 is 0.948. The monoisotopic (exact) mass is 196 g/mol. The Morgan fingerprint density at radius 2 is 2.50 bits per heavy atom. The molecule has 0 N–H and O–H groups in total. The number of halogens is 1. The molecule has 1 rings (SSSR count). The van der Waals surface area contributed by atoms with Crippen LogP contribution in [0.25, 0.3) is 0 Å². The number of aromatic nitrogens is 1. The molecule has 0 aliphatic heterocycles. The van der Waals surface area contributed by atoms with Crippen molar-refractivity contribution >= 4 is 15.9 Å². The molecule has 50 valence electrons. The molecule has 0 saturated heterocycles. The topological polar surface area (TPSA) is 36.7 Å². The van der Waals surface area contributed by atoms with Gasteiger partial charge in [0, 0.05) is 16.9 Å². The molecular formula is C7H5BrN2. The van der Waals surface area contributed by atoms with Gasteiger partial charge in [-0.2, -0.15) is 5.26 Å². The Hall–Kier alpha value is -0.880. The van der Waals surface area contributed by atoms with Crippen LogP contribution in [0.5, 0.6) is 0 Å². The van der Waals surface area contributed by atoms with Gasteiger partial charge in [-0.25, -0.2) is 0 Å². The lowest BCUT2D eigenvalue weighted by atomic mass is 10.2. The molecule has 0 aromatic carbocycles. The zero-order valence-electron chi connectivity index (χ0n) is 5.21. The van der Waals surface area contributed by atoms with Crippen LogP contribution in [0.15, 0.2) is 22.9 Å². The first-order valence-electron chi connectivity index (χ1n) is 2.80. The van der Waals surface area contributed by atoms with Crippen LogP contribution in [0.1, 0.15) is 5.56 Å². The zero-order valence-corrected chi connectivity index (χ0v) is 6.80. The number of rotatable bonds is 1. The lowest BCUT2D eigenvalue weighted by Gasteiger charge is -1.94. The minimum atomic E-state index is 0.411. The lowest BCUT2D eigenvalue weighted by molar-refractivity contribution is 1.17. The summed E-state index contributed by atoms with van der Waals surface area (Å²) in [6.45, 7) is 0. The number of nitriles is 1. The van der Waals surface area contributed by atoms with Crippen LogP contribution >= 0.6 is 15.9 Å². The highest BCUT2D eigenvalue weighted by molar-refractivity contribution is 9.10. The molecular weight excluding hydrogens is 192 g/mol. The van der Waals surface area contributed by atoms with E-state index in [9.17, 15) is 0 Å². The van der Waals surface area contributed by atoms with Gasteiger partial charge in [0.15, 0.2) is 0 Å². The second-order valence-electron chi connectivity index (χ2n) is 1.80. The smallest absolute Gasteiger partial charge is 0.0670 e. The molecule has 0 unspecified atom stereocenters. The molecule has 0 aliphatic rings. The highest BCUT2D eigenvalue weighted by Crippen LogP contribution is 2.13. The van der Waals surface area contributed by atoms with Gasteiger partial charge in [-0.1, -0.05) is 15.9 Å². The van der Waals surface area contributed by atoms with Gasteiger partial charge in [0.1, 0.15) is 0 Å². The molecule has 0 fully saturated rings. The average Bonchev–Trinajstić information content (AvgIpc) is 1.94. The van der Waals surface area contributed by atoms with Gasteiger partial charge in [-0.3, -0.25) is 4.98 Å². The van der Waals surface area contributed by atoms with Crippen molar-refractivity contribution in [2.75, 3.05) is 0 Å². The summed E-state index contributed by atoms with van der Waals surface area (Å²) in [6.07, 6.45) is 3.78. The van der Waals surface area contributed by atoms with E-state index in [4.69, 9.17) is 5.26 Å². The summed E-state index contributed by atoms with van der Waals surface area (Å²) in [6, 6.07) is 3.88. The minimum absolute atomic E-state index is 0.411. The van der Waals surface area contributed by atoms with Crippen molar-refractivity contribution in [1.29, 1.82) is 5.26 Å². The van der Waals surface area contributed by atoms with Crippen LogP contribution in [-0.4, -0.2) is 4.98 Å². The molecule has 1 aromatic rings. The first-order chi connectivity index (χ1) is 4.84. The molecule has 3 heteroatoms. The SMILES string of the molecule is N#CCc1cnccc1Br. The van der Waals surface area contributed by atoms with E-state index in [2.05, 4.69) is 27.0 Å². The second kappa shape index (κ2) is 3.33. The fraction of sp³-hybridized carbons (Fsp3) is 0.143. The summed E-state index contributed by atoms with van der Waals surface area (Å²) in [5.74, 6) is 0. The standard InChI is InChI=1S/C7H5BrN2/c8-7-2-4-10-5-6(7)1-3-9/h2,4-5H,1H2. The second-order valence-corrected chi connectivity index (χ2v) is 2.66. The maximum atomic E-state index is 8.35. The van der Waals surface area contributed by atoms with E-state index >= 15 is 0 Å². The van der Waals surface area contributed by atoms with Crippen molar-refractivity contribution in [3.05, 3.63) is 28.5 Å². The van der Waals surface area contributed by atoms with E-state index in [0.717, 1.165) is 10.0 Å². The van der Waals surface area contributed by atoms with E-state index in [1.807, 2.05) is 6.07 Å². The highest BCUT2D eigenvalue weighted by Gasteiger charge is 1.95. The molecule has 2 nitrogen and oxygen atoms in total. The predicted octanol–water partition coefficient (Wildman–Crippen LogP) is 1.91. The Labute approximate surface area is 67.6 Å². The molecule has 1 heterocycles. The van der Waals surface area contributed by atoms with Crippen LogP contribution in [-0.2, 0) is 6.42 Å². The maximum Gasteiger partial charge on any atom is 0.0670 e. The average molecular weight is 197 g/mol. The first kappa shape index (κ1) is 7.23. The third kappa shape index (κ3) is 1.55. The molecule has 0 spiro atoms. The van der Waals surface area contributed by atoms with Crippen molar-refractivity contribution in [3.63, 3.8) is 0 Å². The summed E-state index contributed by atoms with van der Waals surface area (Å²) in [5.41, 5.74) is 0.935. The molecule has 1 aromatic heterocycles. The molecule has 0 saturated carbocycles. The molecule has 0 atom stereocenters. The van der Waals surface area contributed by atoms with Crippen LogP contribution in [0.3, 0.4) is 0 Å². The number of nitrogens with zero attached hydrogens (tertiary/aromatic N) is 2. The summed E-state index contributed by atoms with van der Waals surface area (Å²) in [4.78, 5) is 3.88. The lowest BCUT2D eigenvalue weighted by Crippen LogP contribution is -1.83. The Morgan fingerprint density at radius 3 is 3.10 bits per heavy atom. The minimum Gasteiger partial charge on any atom is -0.264 e. The summed E-state index contributed by atoms with van der Waals surface area (Å²) in [7, 11) is 0. The number of pyridine rings is 1. The van der Waals surface area contributed by atoms with Crippen molar-refractivity contribution in [3.8, 4) is 6.07 Å². The van der Waals surface area contributed by atoms with Gasteiger partial charge in [0.2, 0.25) is 0 Å². The van der Waals surface area contributed by atoms with Crippen LogP contribution < -0.4 is 0 Å². The summed E-state index contributed by atoms with van der Waals surface area (Å²) >= 11 is 3.31. The Balaban J connectivity index is 2.94. The highest BCUT2D eigenvalue weighted by atomic mass is 79.9. The normalized spacial score (nSPS) is 8.80. The van der Waals surface area contributed by atoms with Crippen molar-refractivity contribution in [1.82, 2.24) is 4.98 Å². The van der Waals surface area contributed by atoms with Gasteiger partial charge in [-0.05, 0) is 11.6 Å². The quantitative estimate of drug-likeness (QED) is 0.689. The van der Waals surface area contributed by atoms with Crippen molar-refractivity contribution in [2.45, 2.75) is 6.42 Å². The Bertz CT molecular complexity index is 265. The zero-order chi connectivity index (χ0) is 7.40. The van der Waals surface area contributed by atoms with Gasteiger partial charge >= 0.3 is 0 Å². The maximum absolute atomic E-state index is 8.35. The van der Waals surface area contributed by atoms with E-state index < -0.39 is 0 Å². The van der Waals surface area contributed by atoms with Crippen LogP contribution in [0.4, 0.5) is 0 Å². The van der Waals surface area contributed by atoms with Gasteiger partial charge in [0.05, 0.1) is 12.5 Å². The third-order valence-electron chi connectivity index (χ3n) is 1.11. The van der Waals surface area contributed by atoms with Gasteiger partial charge in [0.25, 0.3) is 0 Å². The van der Waals surface area contributed by atoms with E-state index in [1.165, 1.54) is 0 Å². The molecule has 0 aliphatic carbocycles. The van der Waals surface area contributed by atoms with Crippen LogP contribution in [0, 0.1) is 11.3 Å². The number of hydrogen-bond acceptors (Lipinski definition) is 2. The molecule has 0 amide bonds. The number of hydrogen-bond donors (Lipinski definition) is 0. The van der Waals surface area contributed by atoms with Gasteiger partial charge < -0.3 is 0 Å². The molecule has 0 radical (unpaired) electrons. The van der Waals surface area contributed by atoms with E-state index in [-0.39, 0.29) is 0 Å². The van der Waals surface area contributed by atoms with Gasteiger partial charge in [-0.15, -0.1) is 0 Å². The summed E-state index contributed by atoms with van der Waals surface area (Å²) in [5, 5.41) is 8.35. The van der Waals surface area contributed by atoms with Crippen LogP contribution in [0.2, 0.25) is 0 Å². The van der Waals surface area contributed by atoms with Crippen molar-refractivity contribution < 1.29 is 0 Å². The molecule has 10 heavy (non-hydrogen) atoms. The van der Waals surface area contributed by atoms with E-state index in [0.29, 0.717) is 6.42 Å².